The second-order valence-corrected chi connectivity index (χ2v) is 6.23. The molecule has 1 fully saturated rings. The molecule has 0 spiro atoms. The van der Waals surface area contributed by atoms with Crippen molar-refractivity contribution in [1.29, 1.82) is 0 Å². The molecule has 0 heterocycles. The first-order chi connectivity index (χ1) is 7.31. The molecule has 0 amide bonds. The number of hydrogen-bond acceptors (Lipinski definition) is 2. The minimum atomic E-state index is -0.620. The van der Waals surface area contributed by atoms with Gasteiger partial charge < -0.3 is 10.0 Å². The van der Waals surface area contributed by atoms with Gasteiger partial charge in [-0.15, -0.1) is 0 Å². The zero-order valence-electron chi connectivity index (χ0n) is 11.0. The summed E-state index contributed by atoms with van der Waals surface area (Å²) in [6.07, 6.45) is 4.06. The molecule has 1 saturated carbocycles. The van der Waals surface area contributed by atoms with Gasteiger partial charge in [-0.2, -0.15) is 0 Å². The van der Waals surface area contributed by atoms with E-state index < -0.39 is 5.97 Å². The molecule has 3 nitrogen and oxygen atoms in total. The maximum Gasteiger partial charge on any atom is 0.308 e. The molecule has 0 aliphatic heterocycles. The minimum Gasteiger partial charge on any atom is -0.481 e. The van der Waals surface area contributed by atoms with Gasteiger partial charge in [-0.1, -0.05) is 27.2 Å². The maximum absolute atomic E-state index is 11.1. The highest BCUT2D eigenvalue weighted by Crippen LogP contribution is 2.30. The number of carboxylic acids is 1. The molecular formula is C13H25NO2. The third-order valence-corrected chi connectivity index (χ3v) is 3.58. The van der Waals surface area contributed by atoms with Crippen molar-refractivity contribution in [3.05, 3.63) is 0 Å². The van der Waals surface area contributed by atoms with Crippen molar-refractivity contribution in [1.82, 2.24) is 4.90 Å². The van der Waals surface area contributed by atoms with E-state index >= 15 is 0 Å². The van der Waals surface area contributed by atoms with Gasteiger partial charge in [0.15, 0.2) is 0 Å². The van der Waals surface area contributed by atoms with E-state index in [-0.39, 0.29) is 12.0 Å². The van der Waals surface area contributed by atoms with E-state index in [0.29, 0.717) is 5.41 Å². The van der Waals surface area contributed by atoms with Gasteiger partial charge in [0.05, 0.1) is 5.92 Å². The third-order valence-electron chi connectivity index (χ3n) is 3.58. The van der Waals surface area contributed by atoms with Gasteiger partial charge in [0.1, 0.15) is 0 Å². The van der Waals surface area contributed by atoms with Gasteiger partial charge in [0.25, 0.3) is 0 Å². The van der Waals surface area contributed by atoms with Crippen molar-refractivity contribution in [3.8, 4) is 0 Å². The van der Waals surface area contributed by atoms with E-state index in [2.05, 4.69) is 32.7 Å². The Hall–Kier alpha value is -0.570. The lowest BCUT2D eigenvalue weighted by atomic mass is 9.91. The van der Waals surface area contributed by atoms with Crippen LogP contribution >= 0.6 is 0 Å². The van der Waals surface area contributed by atoms with Gasteiger partial charge >= 0.3 is 5.97 Å². The highest BCUT2D eigenvalue weighted by molar-refractivity contribution is 5.71. The Balaban J connectivity index is 2.47. The first-order valence-electron chi connectivity index (χ1n) is 6.24. The first kappa shape index (κ1) is 13.5. The average Bonchev–Trinajstić information content (AvgIpc) is 2.61. The van der Waals surface area contributed by atoms with Crippen LogP contribution in [0.15, 0.2) is 0 Å². The zero-order chi connectivity index (χ0) is 12.3. The molecule has 1 N–H and O–H groups in total. The molecule has 0 aromatic rings. The van der Waals surface area contributed by atoms with Crippen LogP contribution < -0.4 is 0 Å². The molecule has 0 radical (unpaired) electrons. The molecule has 1 aliphatic rings. The first-order valence-corrected chi connectivity index (χ1v) is 6.24. The van der Waals surface area contributed by atoms with Crippen LogP contribution in [0.1, 0.15) is 46.5 Å². The largest absolute Gasteiger partial charge is 0.481 e. The lowest BCUT2D eigenvalue weighted by molar-refractivity contribution is -0.143. The maximum atomic E-state index is 11.1. The van der Waals surface area contributed by atoms with Crippen LogP contribution in [0.25, 0.3) is 0 Å². The minimum absolute atomic E-state index is 0.148. The topological polar surface area (TPSA) is 40.5 Å². The third kappa shape index (κ3) is 3.78. The smallest absolute Gasteiger partial charge is 0.308 e. The average molecular weight is 227 g/mol. The summed E-state index contributed by atoms with van der Waals surface area (Å²) in [5.74, 6) is -0.768. The molecule has 0 bridgehead atoms. The standard InChI is InChI=1S/C13H25NO2/c1-13(2,3)8-9-14(4)11-7-5-6-10(11)12(15)16/h10-11H,5-9H2,1-4H3,(H,15,16). The highest BCUT2D eigenvalue weighted by atomic mass is 16.4. The number of rotatable bonds is 4. The number of nitrogens with zero attached hydrogens (tertiary/aromatic N) is 1. The molecule has 0 aromatic carbocycles. The molecule has 16 heavy (non-hydrogen) atoms. The van der Waals surface area contributed by atoms with Crippen molar-refractivity contribution in [2.75, 3.05) is 13.6 Å². The Kier molecular flexibility index (Phi) is 4.36. The summed E-state index contributed by atoms with van der Waals surface area (Å²) >= 11 is 0. The van der Waals surface area contributed by atoms with Crippen molar-refractivity contribution in [2.24, 2.45) is 11.3 Å². The summed E-state index contributed by atoms with van der Waals surface area (Å²) in [5.41, 5.74) is 0.325. The summed E-state index contributed by atoms with van der Waals surface area (Å²) < 4.78 is 0. The van der Waals surface area contributed by atoms with Crippen LogP contribution in [0.3, 0.4) is 0 Å². The van der Waals surface area contributed by atoms with E-state index in [4.69, 9.17) is 5.11 Å². The molecule has 2 atom stereocenters. The van der Waals surface area contributed by atoms with Crippen LogP contribution in [-0.2, 0) is 4.79 Å². The molecule has 1 rings (SSSR count). The molecular weight excluding hydrogens is 202 g/mol. The van der Waals surface area contributed by atoms with Crippen LogP contribution in [0.4, 0.5) is 0 Å². The van der Waals surface area contributed by atoms with Crippen molar-refractivity contribution < 1.29 is 9.90 Å². The normalized spacial score (nSPS) is 26.3. The van der Waals surface area contributed by atoms with Crippen molar-refractivity contribution in [3.63, 3.8) is 0 Å². The summed E-state index contributed by atoms with van der Waals surface area (Å²) in [4.78, 5) is 13.3. The van der Waals surface area contributed by atoms with Crippen LogP contribution in [0, 0.1) is 11.3 Å². The lowest BCUT2D eigenvalue weighted by Gasteiger charge is -2.30. The van der Waals surface area contributed by atoms with Crippen LogP contribution in [0.2, 0.25) is 0 Å². The summed E-state index contributed by atoms with van der Waals surface area (Å²) in [6.45, 7) is 7.68. The number of carboxylic acid groups (broad SMARTS) is 1. The Morgan fingerprint density at radius 3 is 2.50 bits per heavy atom. The monoisotopic (exact) mass is 227 g/mol. The zero-order valence-corrected chi connectivity index (χ0v) is 11.0. The number of hydrogen-bond donors (Lipinski definition) is 1. The van der Waals surface area contributed by atoms with Gasteiger partial charge in [0, 0.05) is 6.04 Å². The molecule has 0 saturated heterocycles. The molecule has 94 valence electrons. The van der Waals surface area contributed by atoms with Gasteiger partial charge in [-0.05, 0) is 38.3 Å². The van der Waals surface area contributed by atoms with Crippen molar-refractivity contribution >= 4 is 5.97 Å². The fraction of sp³-hybridized carbons (Fsp3) is 0.923. The Bertz CT molecular complexity index is 245. The number of aliphatic carboxylic acids is 1. The summed E-state index contributed by atoms with van der Waals surface area (Å²) in [7, 11) is 2.07. The second-order valence-electron chi connectivity index (χ2n) is 6.23. The molecule has 2 unspecified atom stereocenters. The second kappa shape index (κ2) is 5.17. The van der Waals surface area contributed by atoms with Crippen molar-refractivity contribution in [2.45, 2.75) is 52.5 Å². The SMILES string of the molecule is CN(CCC(C)(C)C)C1CCCC1C(=O)O. The Morgan fingerprint density at radius 1 is 1.38 bits per heavy atom. The van der Waals surface area contributed by atoms with E-state index in [0.717, 1.165) is 32.2 Å². The van der Waals surface area contributed by atoms with Crippen LogP contribution in [0.5, 0.6) is 0 Å². The van der Waals surface area contributed by atoms with E-state index in [9.17, 15) is 4.79 Å². The predicted octanol–water partition coefficient (Wildman–Crippen LogP) is 2.61. The van der Waals surface area contributed by atoms with E-state index in [1.165, 1.54) is 0 Å². The molecule has 3 heteroatoms. The Labute approximate surface area is 98.8 Å². The number of carbonyl (C=O) groups is 1. The van der Waals surface area contributed by atoms with Crippen LogP contribution in [-0.4, -0.2) is 35.6 Å². The highest BCUT2D eigenvalue weighted by Gasteiger charge is 2.35. The summed E-state index contributed by atoms with van der Waals surface area (Å²) in [6, 6.07) is 0.250. The van der Waals surface area contributed by atoms with Gasteiger partial charge in [-0.25, -0.2) is 0 Å². The predicted molar refractivity (Wildman–Crippen MR) is 65.5 cm³/mol. The van der Waals surface area contributed by atoms with E-state index in [1.807, 2.05) is 0 Å². The lowest BCUT2D eigenvalue weighted by Crippen LogP contribution is -2.39. The fourth-order valence-electron chi connectivity index (χ4n) is 2.43. The Morgan fingerprint density at radius 2 is 2.00 bits per heavy atom. The fourth-order valence-corrected chi connectivity index (χ4v) is 2.43. The van der Waals surface area contributed by atoms with Gasteiger partial charge in [-0.3, -0.25) is 4.79 Å². The summed E-state index contributed by atoms with van der Waals surface area (Å²) in [5, 5.41) is 9.13. The van der Waals surface area contributed by atoms with E-state index in [1.54, 1.807) is 0 Å². The molecule has 1 aliphatic carbocycles. The van der Waals surface area contributed by atoms with Gasteiger partial charge in [0.2, 0.25) is 0 Å². The quantitative estimate of drug-likeness (QED) is 0.802. The molecule has 0 aromatic heterocycles.